The summed E-state index contributed by atoms with van der Waals surface area (Å²) in [6.07, 6.45) is -0.633. The highest BCUT2D eigenvalue weighted by molar-refractivity contribution is 5.92. The summed E-state index contributed by atoms with van der Waals surface area (Å²) in [4.78, 5) is 12.0. The molecule has 1 heterocycles. The average molecular weight is 292 g/mol. The minimum Gasteiger partial charge on any atom is -0.388 e. The number of nitrogens with zero attached hydrogens (tertiary/aromatic N) is 1. The van der Waals surface area contributed by atoms with E-state index < -0.39 is 11.9 Å². The lowest BCUT2D eigenvalue weighted by Crippen LogP contribution is -2.16. The van der Waals surface area contributed by atoms with E-state index in [1.165, 1.54) is 18.2 Å². The fraction of sp³-hybridized carbons (Fsp3) is 0.333. The molecule has 0 spiro atoms. The number of rotatable bonds is 5. The van der Waals surface area contributed by atoms with E-state index in [9.17, 15) is 14.3 Å². The Kier molecular flexibility index (Phi) is 4.70. The van der Waals surface area contributed by atoms with Crippen LogP contribution in [0.15, 0.2) is 28.8 Å². The van der Waals surface area contributed by atoms with E-state index in [1.54, 1.807) is 13.0 Å². The Morgan fingerprint density at radius 1 is 1.52 bits per heavy atom. The van der Waals surface area contributed by atoms with E-state index in [1.807, 2.05) is 6.92 Å². The van der Waals surface area contributed by atoms with Crippen molar-refractivity contribution in [2.75, 3.05) is 5.32 Å². The molecule has 2 rings (SSSR count). The van der Waals surface area contributed by atoms with Crippen LogP contribution < -0.4 is 5.32 Å². The van der Waals surface area contributed by atoms with E-state index in [0.717, 1.165) is 0 Å². The van der Waals surface area contributed by atoms with Crippen molar-refractivity contribution in [1.82, 2.24) is 5.16 Å². The lowest BCUT2D eigenvalue weighted by atomic mass is 10.1. The third-order valence-electron chi connectivity index (χ3n) is 3.13. The average Bonchev–Trinajstić information content (AvgIpc) is 2.79. The molecule has 0 radical (unpaired) electrons. The fourth-order valence-corrected chi connectivity index (χ4v) is 2.02. The van der Waals surface area contributed by atoms with Crippen LogP contribution in [-0.2, 0) is 11.2 Å². The zero-order valence-corrected chi connectivity index (χ0v) is 11.9. The van der Waals surface area contributed by atoms with Gasteiger partial charge in [-0.15, -0.1) is 0 Å². The van der Waals surface area contributed by atoms with Gasteiger partial charge < -0.3 is 14.9 Å². The van der Waals surface area contributed by atoms with Gasteiger partial charge in [0.1, 0.15) is 17.2 Å². The lowest BCUT2D eigenvalue weighted by molar-refractivity contribution is -0.118. The predicted molar refractivity (Wildman–Crippen MR) is 75.2 cm³/mol. The number of hydrogen-bond donors (Lipinski definition) is 2. The molecule has 5 nitrogen and oxygen atoms in total. The molecule has 6 heteroatoms. The number of benzene rings is 1. The molecule has 2 aromatic rings. The number of anilines is 1. The van der Waals surface area contributed by atoms with Gasteiger partial charge in [-0.1, -0.05) is 24.2 Å². The Morgan fingerprint density at radius 2 is 2.29 bits per heavy atom. The summed E-state index contributed by atoms with van der Waals surface area (Å²) >= 11 is 0. The molecule has 1 aromatic carbocycles. The third-order valence-corrected chi connectivity index (χ3v) is 3.13. The molecule has 0 bridgehead atoms. The molecule has 1 aromatic heterocycles. The first-order valence-electron chi connectivity index (χ1n) is 6.69. The van der Waals surface area contributed by atoms with Gasteiger partial charge >= 0.3 is 0 Å². The van der Waals surface area contributed by atoms with Gasteiger partial charge in [-0.3, -0.25) is 4.79 Å². The molecule has 1 amide bonds. The SMILES string of the molecule is CCc1onc(C)c1NC(=O)CC(O)c1cccc(F)c1. The summed E-state index contributed by atoms with van der Waals surface area (Å²) in [5.74, 6) is -0.246. The minimum absolute atomic E-state index is 0.169. The largest absolute Gasteiger partial charge is 0.388 e. The first-order valence-corrected chi connectivity index (χ1v) is 6.69. The van der Waals surface area contributed by atoms with Gasteiger partial charge in [-0.2, -0.15) is 0 Å². The summed E-state index contributed by atoms with van der Waals surface area (Å²) in [7, 11) is 0. The number of nitrogens with one attached hydrogen (secondary N) is 1. The van der Waals surface area contributed by atoms with Gasteiger partial charge in [0.05, 0.1) is 12.5 Å². The smallest absolute Gasteiger partial charge is 0.227 e. The maximum Gasteiger partial charge on any atom is 0.227 e. The summed E-state index contributed by atoms with van der Waals surface area (Å²) < 4.78 is 18.2. The molecule has 21 heavy (non-hydrogen) atoms. The molecular formula is C15H17FN2O3. The second kappa shape index (κ2) is 6.49. The van der Waals surface area contributed by atoms with Gasteiger partial charge in [0.25, 0.3) is 0 Å². The van der Waals surface area contributed by atoms with Crippen LogP contribution in [0.25, 0.3) is 0 Å². The number of carbonyl (C=O) groups is 1. The molecule has 0 saturated carbocycles. The Labute approximate surface area is 121 Å². The van der Waals surface area contributed by atoms with Crippen LogP contribution >= 0.6 is 0 Å². The number of amides is 1. The van der Waals surface area contributed by atoms with Gasteiger partial charge in [0.15, 0.2) is 5.76 Å². The lowest BCUT2D eigenvalue weighted by Gasteiger charge is -2.11. The van der Waals surface area contributed by atoms with Crippen molar-refractivity contribution in [3.8, 4) is 0 Å². The van der Waals surface area contributed by atoms with Crippen LogP contribution in [0.1, 0.15) is 36.5 Å². The van der Waals surface area contributed by atoms with Gasteiger partial charge in [0, 0.05) is 6.42 Å². The van der Waals surface area contributed by atoms with Crippen molar-refractivity contribution >= 4 is 11.6 Å². The normalized spacial score (nSPS) is 12.2. The van der Waals surface area contributed by atoms with Crippen molar-refractivity contribution < 1.29 is 18.8 Å². The molecule has 2 N–H and O–H groups in total. The van der Waals surface area contributed by atoms with Gasteiger partial charge in [-0.25, -0.2) is 4.39 Å². The van der Waals surface area contributed by atoms with Crippen LogP contribution in [0.3, 0.4) is 0 Å². The summed E-state index contributed by atoms with van der Waals surface area (Å²) in [5.41, 5.74) is 1.48. The molecule has 0 saturated heterocycles. The number of aliphatic hydroxyl groups excluding tert-OH is 1. The number of aromatic nitrogens is 1. The number of hydrogen-bond acceptors (Lipinski definition) is 4. The number of aryl methyl sites for hydroxylation is 2. The zero-order chi connectivity index (χ0) is 15.4. The van der Waals surface area contributed by atoms with E-state index in [4.69, 9.17) is 4.52 Å². The molecule has 1 unspecified atom stereocenters. The Hall–Kier alpha value is -2.21. The minimum atomic E-state index is -1.06. The van der Waals surface area contributed by atoms with Crippen LogP contribution in [0.2, 0.25) is 0 Å². The highest BCUT2D eigenvalue weighted by Crippen LogP contribution is 2.23. The summed E-state index contributed by atoms with van der Waals surface area (Å²) in [6, 6.07) is 5.55. The molecule has 0 aliphatic rings. The van der Waals surface area contributed by atoms with Crippen molar-refractivity contribution in [1.29, 1.82) is 0 Å². The van der Waals surface area contributed by atoms with E-state index in [0.29, 0.717) is 29.1 Å². The number of halogens is 1. The number of aliphatic hydroxyl groups is 1. The molecular weight excluding hydrogens is 275 g/mol. The van der Waals surface area contributed by atoms with Crippen LogP contribution in [-0.4, -0.2) is 16.2 Å². The molecule has 1 atom stereocenters. The first-order chi connectivity index (χ1) is 10.0. The van der Waals surface area contributed by atoms with E-state index >= 15 is 0 Å². The van der Waals surface area contributed by atoms with Crippen molar-refractivity contribution in [3.63, 3.8) is 0 Å². The quantitative estimate of drug-likeness (QED) is 0.888. The Bertz CT molecular complexity index is 640. The maximum atomic E-state index is 13.1. The second-order valence-electron chi connectivity index (χ2n) is 4.74. The monoisotopic (exact) mass is 292 g/mol. The van der Waals surface area contributed by atoms with Crippen LogP contribution in [0.5, 0.6) is 0 Å². The highest BCUT2D eigenvalue weighted by atomic mass is 19.1. The van der Waals surface area contributed by atoms with Crippen molar-refractivity contribution in [3.05, 3.63) is 47.1 Å². The van der Waals surface area contributed by atoms with Crippen LogP contribution in [0, 0.1) is 12.7 Å². The summed E-state index contributed by atoms with van der Waals surface area (Å²) in [6.45, 7) is 3.61. The first kappa shape index (κ1) is 15.2. The highest BCUT2D eigenvalue weighted by Gasteiger charge is 2.18. The maximum absolute atomic E-state index is 13.1. The second-order valence-corrected chi connectivity index (χ2v) is 4.74. The topological polar surface area (TPSA) is 75.4 Å². The van der Waals surface area contributed by atoms with Gasteiger partial charge in [0.2, 0.25) is 5.91 Å². The predicted octanol–water partition coefficient (Wildman–Crippen LogP) is 2.75. The fourth-order valence-electron chi connectivity index (χ4n) is 2.02. The Balaban J connectivity index is 2.03. The third kappa shape index (κ3) is 3.66. The van der Waals surface area contributed by atoms with Crippen molar-refractivity contribution in [2.24, 2.45) is 0 Å². The van der Waals surface area contributed by atoms with Gasteiger partial charge in [-0.05, 0) is 24.6 Å². The molecule has 0 aliphatic carbocycles. The van der Waals surface area contributed by atoms with Crippen molar-refractivity contribution in [2.45, 2.75) is 32.8 Å². The van der Waals surface area contributed by atoms with E-state index in [-0.39, 0.29) is 12.3 Å². The zero-order valence-electron chi connectivity index (χ0n) is 11.9. The molecule has 112 valence electrons. The number of carbonyl (C=O) groups excluding carboxylic acids is 1. The Morgan fingerprint density at radius 3 is 2.95 bits per heavy atom. The summed E-state index contributed by atoms with van der Waals surface area (Å²) in [5, 5.41) is 16.4. The molecule has 0 fully saturated rings. The molecule has 0 aliphatic heterocycles. The standard InChI is InChI=1S/C15H17FN2O3/c1-3-13-15(9(2)18-21-13)17-14(20)8-12(19)10-5-4-6-11(16)7-10/h4-7,12,19H,3,8H2,1-2H3,(H,17,20). The van der Waals surface area contributed by atoms with E-state index in [2.05, 4.69) is 10.5 Å². The van der Waals surface area contributed by atoms with Crippen LogP contribution in [0.4, 0.5) is 10.1 Å².